The van der Waals surface area contributed by atoms with Crippen molar-refractivity contribution in [1.82, 2.24) is 10.2 Å². The molecule has 1 heterocycles. The van der Waals surface area contributed by atoms with E-state index in [1.54, 1.807) is 7.11 Å². The van der Waals surface area contributed by atoms with Crippen LogP contribution >= 0.6 is 0 Å². The molecule has 0 aromatic carbocycles. The summed E-state index contributed by atoms with van der Waals surface area (Å²) in [5.41, 5.74) is 0. The molecule has 0 bridgehead atoms. The number of hydrogen-bond acceptors (Lipinski definition) is 4. The van der Waals surface area contributed by atoms with Gasteiger partial charge in [-0.05, 0) is 25.2 Å². The van der Waals surface area contributed by atoms with Gasteiger partial charge in [0.25, 0.3) is 0 Å². The minimum absolute atomic E-state index is 0.0145. The highest BCUT2D eigenvalue weighted by Gasteiger charge is 2.36. The number of nitrogens with one attached hydrogen (secondary N) is 1. The number of piperidine rings is 1. The van der Waals surface area contributed by atoms with Gasteiger partial charge in [0.05, 0.1) is 13.2 Å². The van der Waals surface area contributed by atoms with Gasteiger partial charge in [0.2, 0.25) is 0 Å². The summed E-state index contributed by atoms with van der Waals surface area (Å²) >= 11 is 0. The van der Waals surface area contributed by atoms with Crippen LogP contribution in [0.25, 0.3) is 0 Å². The van der Waals surface area contributed by atoms with Crippen LogP contribution in [-0.4, -0.2) is 68.1 Å². The molecular weight excluding hydrogens is 276 g/mol. The molecule has 21 heavy (non-hydrogen) atoms. The van der Waals surface area contributed by atoms with Gasteiger partial charge in [-0.2, -0.15) is 0 Å². The van der Waals surface area contributed by atoms with Crippen LogP contribution in [0.15, 0.2) is 0 Å². The third kappa shape index (κ3) is 5.89. The van der Waals surface area contributed by atoms with E-state index in [-0.39, 0.29) is 11.9 Å². The number of carbonyl (C=O) groups is 2. The molecule has 7 nitrogen and oxygen atoms in total. The van der Waals surface area contributed by atoms with Gasteiger partial charge in [-0.1, -0.05) is 6.92 Å². The Balaban J connectivity index is 2.28. The molecule has 0 aliphatic carbocycles. The van der Waals surface area contributed by atoms with Gasteiger partial charge in [0.1, 0.15) is 6.04 Å². The number of ether oxygens (including phenoxy) is 2. The molecule has 1 aliphatic heterocycles. The fraction of sp³-hybridized carbons (Fsp3) is 0.857. The summed E-state index contributed by atoms with van der Waals surface area (Å²) in [7, 11) is 1.61. The summed E-state index contributed by atoms with van der Waals surface area (Å²) in [6.45, 7) is 4.48. The zero-order valence-electron chi connectivity index (χ0n) is 12.8. The van der Waals surface area contributed by atoms with Crippen LogP contribution in [0, 0.1) is 5.92 Å². The van der Waals surface area contributed by atoms with Gasteiger partial charge in [-0.25, -0.2) is 9.59 Å². The standard InChI is InChI=1S/C14H26N2O5/c1-11-5-3-7-16(12(11)13(17)18)14(19)15-6-4-8-21-10-9-20-2/h11-12H,3-10H2,1-2H3,(H,15,19)(H,17,18). The summed E-state index contributed by atoms with van der Waals surface area (Å²) in [6, 6.07) is -1.03. The molecule has 0 saturated carbocycles. The summed E-state index contributed by atoms with van der Waals surface area (Å²) in [6.07, 6.45) is 2.38. The monoisotopic (exact) mass is 302 g/mol. The molecular formula is C14H26N2O5. The number of aliphatic carboxylic acids is 1. The molecule has 2 atom stereocenters. The Bertz CT molecular complexity index is 337. The van der Waals surface area contributed by atoms with Gasteiger partial charge < -0.3 is 24.8 Å². The Labute approximate surface area is 125 Å². The molecule has 2 amide bonds. The first-order valence-corrected chi connectivity index (χ1v) is 7.42. The Morgan fingerprint density at radius 1 is 1.33 bits per heavy atom. The lowest BCUT2D eigenvalue weighted by Gasteiger charge is -2.37. The Morgan fingerprint density at radius 2 is 2.10 bits per heavy atom. The molecule has 1 saturated heterocycles. The van der Waals surface area contributed by atoms with Crippen LogP contribution in [0.1, 0.15) is 26.2 Å². The van der Waals surface area contributed by atoms with Gasteiger partial charge in [0.15, 0.2) is 0 Å². The van der Waals surface area contributed by atoms with Crippen molar-refractivity contribution in [1.29, 1.82) is 0 Å². The zero-order chi connectivity index (χ0) is 15.7. The molecule has 0 radical (unpaired) electrons. The lowest BCUT2D eigenvalue weighted by Crippen LogP contribution is -2.55. The van der Waals surface area contributed by atoms with Crippen molar-refractivity contribution < 1.29 is 24.2 Å². The Hall–Kier alpha value is -1.34. The van der Waals surface area contributed by atoms with Crippen molar-refractivity contribution in [3.63, 3.8) is 0 Å². The lowest BCUT2D eigenvalue weighted by molar-refractivity contribution is -0.145. The molecule has 122 valence electrons. The predicted octanol–water partition coefficient (Wildman–Crippen LogP) is 0.934. The van der Waals surface area contributed by atoms with Crippen molar-refractivity contribution in [3.05, 3.63) is 0 Å². The van der Waals surface area contributed by atoms with Gasteiger partial charge in [0, 0.05) is 26.8 Å². The predicted molar refractivity (Wildman–Crippen MR) is 77.2 cm³/mol. The maximum absolute atomic E-state index is 12.1. The molecule has 1 rings (SSSR count). The van der Waals surface area contributed by atoms with E-state index in [0.717, 1.165) is 12.8 Å². The second-order valence-electron chi connectivity index (χ2n) is 5.29. The number of likely N-dealkylation sites (tertiary alicyclic amines) is 1. The number of carboxylic acids is 1. The molecule has 1 fully saturated rings. The third-order valence-corrected chi connectivity index (χ3v) is 3.62. The van der Waals surface area contributed by atoms with Crippen molar-refractivity contribution in [2.75, 3.05) is 40.0 Å². The molecule has 0 aromatic heterocycles. The molecule has 7 heteroatoms. The average Bonchev–Trinajstić information content (AvgIpc) is 2.45. The SMILES string of the molecule is COCCOCCCNC(=O)N1CCCC(C)C1C(=O)O. The van der Waals surface area contributed by atoms with E-state index in [1.165, 1.54) is 4.90 Å². The van der Waals surface area contributed by atoms with Crippen LogP contribution in [-0.2, 0) is 14.3 Å². The van der Waals surface area contributed by atoms with Gasteiger partial charge in [-0.15, -0.1) is 0 Å². The van der Waals surface area contributed by atoms with E-state index in [4.69, 9.17) is 9.47 Å². The Morgan fingerprint density at radius 3 is 2.76 bits per heavy atom. The average molecular weight is 302 g/mol. The number of urea groups is 1. The highest BCUT2D eigenvalue weighted by molar-refractivity contribution is 5.83. The second kappa shape index (κ2) is 9.57. The molecule has 1 aliphatic rings. The largest absolute Gasteiger partial charge is 0.480 e. The summed E-state index contributed by atoms with van der Waals surface area (Å²) < 4.78 is 10.1. The molecule has 2 N–H and O–H groups in total. The first kappa shape index (κ1) is 17.7. The maximum atomic E-state index is 12.1. The minimum Gasteiger partial charge on any atom is -0.480 e. The van der Waals surface area contributed by atoms with Crippen LogP contribution in [0.5, 0.6) is 0 Å². The van der Waals surface area contributed by atoms with Crippen molar-refractivity contribution in [2.45, 2.75) is 32.2 Å². The van der Waals surface area contributed by atoms with E-state index in [0.29, 0.717) is 39.3 Å². The van der Waals surface area contributed by atoms with Crippen LogP contribution < -0.4 is 5.32 Å². The van der Waals surface area contributed by atoms with E-state index in [9.17, 15) is 14.7 Å². The molecule has 0 spiro atoms. The van der Waals surface area contributed by atoms with Crippen LogP contribution in [0.3, 0.4) is 0 Å². The number of nitrogens with zero attached hydrogens (tertiary/aromatic N) is 1. The fourth-order valence-electron chi connectivity index (χ4n) is 2.51. The van der Waals surface area contributed by atoms with Crippen molar-refractivity contribution in [3.8, 4) is 0 Å². The van der Waals surface area contributed by atoms with E-state index in [2.05, 4.69) is 5.32 Å². The lowest BCUT2D eigenvalue weighted by atomic mass is 9.91. The first-order chi connectivity index (χ1) is 10.1. The maximum Gasteiger partial charge on any atom is 0.326 e. The number of carboxylic acid groups (broad SMARTS) is 1. The number of carbonyl (C=O) groups excluding carboxylic acids is 1. The van der Waals surface area contributed by atoms with Crippen molar-refractivity contribution in [2.24, 2.45) is 5.92 Å². The van der Waals surface area contributed by atoms with Gasteiger partial charge in [-0.3, -0.25) is 0 Å². The number of rotatable bonds is 8. The third-order valence-electron chi connectivity index (χ3n) is 3.62. The van der Waals surface area contributed by atoms with E-state index >= 15 is 0 Å². The number of methoxy groups -OCH3 is 1. The van der Waals surface area contributed by atoms with Gasteiger partial charge >= 0.3 is 12.0 Å². The first-order valence-electron chi connectivity index (χ1n) is 7.42. The minimum atomic E-state index is -0.930. The van der Waals surface area contributed by atoms with E-state index in [1.807, 2.05) is 6.92 Å². The molecule has 0 aromatic rings. The normalized spacial score (nSPS) is 22.1. The zero-order valence-corrected chi connectivity index (χ0v) is 12.8. The summed E-state index contributed by atoms with van der Waals surface area (Å²) in [5, 5.41) is 12.0. The smallest absolute Gasteiger partial charge is 0.326 e. The highest BCUT2D eigenvalue weighted by Crippen LogP contribution is 2.23. The number of hydrogen-bond donors (Lipinski definition) is 2. The van der Waals surface area contributed by atoms with Crippen molar-refractivity contribution >= 4 is 12.0 Å². The van der Waals surface area contributed by atoms with Crippen LogP contribution in [0.2, 0.25) is 0 Å². The summed E-state index contributed by atoms with van der Waals surface area (Å²) in [4.78, 5) is 24.8. The molecule has 2 unspecified atom stereocenters. The fourth-order valence-corrected chi connectivity index (χ4v) is 2.51. The van der Waals surface area contributed by atoms with Crippen LogP contribution in [0.4, 0.5) is 4.79 Å². The Kier molecular flexibility index (Phi) is 8.07. The number of amides is 2. The highest BCUT2D eigenvalue weighted by atomic mass is 16.5. The summed E-state index contributed by atoms with van der Waals surface area (Å²) in [5.74, 6) is -0.945. The quantitative estimate of drug-likeness (QED) is 0.651. The second-order valence-corrected chi connectivity index (χ2v) is 5.29. The topological polar surface area (TPSA) is 88.1 Å². The van der Waals surface area contributed by atoms with E-state index < -0.39 is 12.0 Å².